The van der Waals surface area contributed by atoms with Gasteiger partial charge in [-0.1, -0.05) is 18.2 Å². The van der Waals surface area contributed by atoms with Gasteiger partial charge in [0.1, 0.15) is 18.9 Å². The largest absolute Gasteiger partial charge is 0.492 e. The lowest BCUT2D eigenvalue weighted by Gasteiger charge is -2.13. The number of nitrogens with one attached hydrogen (secondary N) is 1. The highest BCUT2D eigenvalue weighted by atomic mass is 32.2. The summed E-state index contributed by atoms with van der Waals surface area (Å²) < 4.78 is 31.8. The van der Waals surface area contributed by atoms with E-state index in [2.05, 4.69) is 5.32 Å². The van der Waals surface area contributed by atoms with Crippen LogP contribution in [-0.4, -0.2) is 50.4 Å². The normalized spacial score (nSPS) is 11.3. The van der Waals surface area contributed by atoms with Gasteiger partial charge in [-0.3, -0.25) is 9.59 Å². The van der Waals surface area contributed by atoms with Crippen LogP contribution in [0.1, 0.15) is 0 Å². The summed E-state index contributed by atoms with van der Waals surface area (Å²) in [7, 11) is -0.895. The third-order valence-electron chi connectivity index (χ3n) is 3.49. The second-order valence-corrected chi connectivity index (χ2v) is 7.78. The fraction of sp³-hybridized carbons (Fsp3) is 0.294. The smallest absolute Gasteiger partial charge is 0.251 e. The number of hydrogen-bond donors (Lipinski definition) is 1. The molecule has 2 aromatic rings. The Bertz CT molecular complexity index is 907. The van der Waals surface area contributed by atoms with Gasteiger partial charge in [-0.15, -0.1) is 0 Å². The number of aromatic nitrogens is 1. The molecule has 0 saturated heterocycles. The first kappa shape index (κ1) is 19.7. The van der Waals surface area contributed by atoms with Gasteiger partial charge in [0.05, 0.1) is 11.4 Å². The minimum Gasteiger partial charge on any atom is -0.492 e. The molecule has 26 heavy (non-hydrogen) atoms. The van der Waals surface area contributed by atoms with E-state index in [4.69, 9.17) is 4.74 Å². The number of amides is 1. The van der Waals surface area contributed by atoms with Gasteiger partial charge in [0.15, 0.2) is 0 Å². The van der Waals surface area contributed by atoms with E-state index < -0.39 is 21.5 Å². The van der Waals surface area contributed by atoms with Crippen LogP contribution in [0.15, 0.2) is 58.4 Å². The molecule has 0 aliphatic heterocycles. The number of nitrogens with zero attached hydrogens (tertiary/aromatic N) is 2. The van der Waals surface area contributed by atoms with Crippen molar-refractivity contribution in [2.75, 3.05) is 27.2 Å². The van der Waals surface area contributed by atoms with Gasteiger partial charge in [-0.2, -0.15) is 0 Å². The zero-order valence-corrected chi connectivity index (χ0v) is 15.4. The molecule has 1 heterocycles. The average molecular weight is 379 g/mol. The van der Waals surface area contributed by atoms with Gasteiger partial charge >= 0.3 is 0 Å². The van der Waals surface area contributed by atoms with Crippen molar-refractivity contribution in [3.8, 4) is 5.75 Å². The predicted molar refractivity (Wildman–Crippen MR) is 96.5 cm³/mol. The van der Waals surface area contributed by atoms with Crippen molar-refractivity contribution >= 4 is 15.9 Å². The number of rotatable bonds is 8. The average Bonchev–Trinajstić information content (AvgIpc) is 2.61. The number of benzene rings is 1. The molecule has 1 amide bonds. The zero-order valence-electron chi connectivity index (χ0n) is 14.6. The third kappa shape index (κ3) is 5.17. The quantitative estimate of drug-likeness (QED) is 0.665. The number of hydrogen-bond acceptors (Lipinski definition) is 5. The molecule has 0 aliphatic rings. The van der Waals surface area contributed by atoms with Crippen LogP contribution in [0.25, 0.3) is 0 Å². The van der Waals surface area contributed by atoms with Crippen molar-refractivity contribution in [1.82, 2.24) is 14.2 Å². The van der Waals surface area contributed by atoms with Gasteiger partial charge in [-0.05, 0) is 18.2 Å². The predicted octanol–water partition coefficient (Wildman–Crippen LogP) is 0.294. The lowest BCUT2D eigenvalue weighted by molar-refractivity contribution is -0.121. The minimum absolute atomic E-state index is 0.0534. The highest BCUT2D eigenvalue weighted by Gasteiger charge is 2.18. The van der Waals surface area contributed by atoms with Crippen molar-refractivity contribution in [3.05, 3.63) is 59.0 Å². The fourth-order valence-corrected chi connectivity index (χ4v) is 3.01. The van der Waals surface area contributed by atoms with E-state index in [1.807, 2.05) is 18.2 Å². The molecule has 0 bridgehead atoms. The summed E-state index contributed by atoms with van der Waals surface area (Å²) in [5.74, 6) is 0.280. The molecule has 0 spiro atoms. The Morgan fingerprint density at radius 3 is 2.50 bits per heavy atom. The first-order valence-corrected chi connectivity index (χ1v) is 9.32. The van der Waals surface area contributed by atoms with Crippen LogP contribution >= 0.6 is 0 Å². The molecule has 1 aromatic carbocycles. The summed E-state index contributed by atoms with van der Waals surface area (Å²) in [5.41, 5.74) is -0.460. The summed E-state index contributed by atoms with van der Waals surface area (Å²) in [5, 5.41) is 2.63. The second-order valence-electron chi connectivity index (χ2n) is 5.63. The maximum atomic E-state index is 12.1. The summed E-state index contributed by atoms with van der Waals surface area (Å²) in [6, 6.07) is 11.5. The molecule has 0 aliphatic carbocycles. The molecular weight excluding hydrogens is 358 g/mol. The first-order valence-electron chi connectivity index (χ1n) is 7.88. The SMILES string of the molecule is CN(C)S(=O)(=O)c1ccc(=O)n(CC(=O)NCCOc2ccccc2)c1. The Balaban J connectivity index is 1.93. The summed E-state index contributed by atoms with van der Waals surface area (Å²) in [4.78, 5) is 23.8. The number of sulfonamides is 1. The van der Waals surface area contributed by atoms with Gasteiger partial charge in [0.25, 0.3) is 5.56 Å². The lowest BCUT2D eigenvalue weighted by Crippen LogP contribution is -2.34. The van der Waals surface area contributed by atoms with Gasteiger partial charge in [0, 0.05) is 26.4 Å². The lowest BCUT2D eigenvalue weighted by atomic mass is 10.3. The van der Waals surface area contributed by atoms with Crippen LogP contribution in [0.3, 0.4) is 0 Å². The van der Waals surface area contributed by atoms with Crippen LogP contribution in [-0.2, 0) is 21.4 Å². The Hall–Kier alpha value is -2.65. The van der Waals surface area contributed by atoms with Crippen LogP contribution in [0.4, 0.5) is 0 Å². The van der Waals surface area contributed by atoms with Crippen LogP contribution in [0.5, 0.6) is 5.75 Å². The van der Waals surface area contributed by atoms with Gasteiger partial charge in [0.2, 0.25) is 15.9 Å². The summed E-state index contributed by atoms with van der Waals surface area (Å²) in [6.45, 7) is 0.263. The number of carbonyl (C=O) groups is 1. The Labute approximate surface area is 152 Å². The van der Waals surface area contributed by atoms with Crippen molar-refractivity contribution in [2.24, 2.45) is 0 Å². The molecule has 0 saturated carbocycles. The van der Waals surface area contributed by atoms with Crippen molar-refractivity contribution in [2.45, 2.75) is 11.4 Å². The number of pyridine rings is 1. The second kappa shape index (κ2) is 8.63. The highest BCUT2D eigenvalue weighted by molar-refractivity contribution is 7.89. The maximum Gasteiger partial charge on any atom is 0.251 e. The Kier molecular flexibility index (Phi) is 6.53. The standard InChI is InChI=1S/C17H21N3O5S/c1-19(2)26(23,24)15-8-9-17(22)20(12-15)13-16(21)18-10-11-25-14-6-4-3-5-7-14/h3-9,12H,10-11,13H2,1-2H3,(H,18,21). The molecule has 0 fully saturated rings. The van der Waals surface area contributed by atoms with Crippen molar-refractivity contribution < 1.29 is 17.9 Å². The van der Waals surface area contributed by atoms with E-state index in [9.17, 15) is 18.0 Å². The molecule has 140 valence electrons. The van der Waals surface area contributed by atoms with E-state index in [0.29, 0.717) is 5.75 Å². The van der Waals surface area contributed by atoms with E-state index in [-0.39, 0.29) is 24.6 Å². The number of carbonyl (C=O) groups excluding carboxylic acids is 1. The zero-order chi connectivity index (χ0) is 19.2. The van der Waals surface area contributed by atoms with Crippen molar-refractivity contribution in [1.29, 1.82) is 0 Å². The minimum atomic E-state index is -3.68. The molecule has 9 heteroatoms. The fourth-order valence-electron chi connectivity index (χ4n) is 2.08. The molecule has 8 nitrogen and oxygen atoms in total. The molecule has 0 radical (unpaired) electrons. The van der Waals surface area contributed by atoms with Gasteiger partial charge < -0.3 is 14.6 Å². The Morgan fingerprint density at radius 1 is 1.15 bits per heavy atom. The van der Waals surface area contributed by atoms with Crippen molar-refractivity contribution in [3.63, 3.8) is 0 Å². The monoisotopic (exact) mass is 379 g/mol. The molecule has 0 unspecified atom stereocenters. The third-order valence-corrected chi connectivity index (χ3v) is 5.28. The maximum absolute atomic E-state index is 12.1. The molecule has 0 atom stereocenters. The topological polar surface area (TPSA) is 97.7 Å². The van der Waals surface area contributed by atoms with Crippen LogP contribution < -0.4 is 15.6 Å². The Morgan fingerprint density at radius 2 is 1.85 bits per heavy atom. The number of para-hydroxylation sites is 1. The van der Waals surface area contributed by atoms with E-state index >= 15 is 0 Å². The van der Waals surface area contributed by atoms with Crippen LogP contribution in [0, 0.1) is 0 Å². The van der Waals surface area contributed by atoms with E-state index in [0.717, 1.165) is 21.1 Å². The molecule has 1 aromatic heterocycles. The first-order chi connectivity index (χ1) is 12.3. The van der Waals surface area contributed by atoms with Crippen LogP contribution in [0.2, 0.25) is 0 Å². The number of ether oxygens (including phenoxy) is 1. The summed E-state index contributed by atoms with van der Waals surface area (Å²) in [6.07, 6.45) is 1.16. The summed E-state index contributed by atoms with van der Waals surface area (Å²) >= 11 is 0. The van der Waals surface area contributed by atoms with Gasteiger partial charge in [-0.25, -0.2) is 12.7 Å². The molecule has 2 rings (SSSR count). The highest BCUT2D eigenvalue weighted by Crippen LogP contribution is 2.10. The van der Waals surface area contributed by atoms with E-state index in [1.54, 1.807) is 12.1 Å². The van der Waals surface area contributed by atoms with E-state index in [1.165, 1.54) is 20.2 Å². The molecular formula is C17H21N3O5S. The molecule has 1 N–H and O–H groups in total.